The second-order valence-electron chi connectivity index (χ2n) is 3.92. The number of furan rings is 1. The number of hydrogen-bond acceptors (Lipinski definition) is 3. The van der Waals surface area contributed by atoms with Gasteiger partial charge in [-0.25, -0.2) is 9.18 Å². The number of hydrogen-bond donors (Lipinski definition) is 2. The maximum atomic E-state index is 13.0. The van der Waals surface area contributed by atoms with Gasteiger partial charge in [0.05, 0.1) is 12.1 Å². The minimum absolute atomic E-state index is 0.0998. The molecule has 1 aromatic carbocycles. The monoisotopic (exact) mass is 249 g/mol. The minimum atomic E-state index is -1.04. The third-order valence-corrected chi connectivity index (χ3v) is 2.55. The van der Waals surface area contributed by atoms with E-state index in [2.05, 4.69) is 5.32 Å². The zero-order valence-corrected chi connectivity index (χ0v) is 9.74. The Balaban J connectivity index is 2.06. The number of carboxylic acid groups (broad SMARTS) is 1. The van der Waals surface area contributed by atoms with Crippen molar-refractivity contribution < 1.29 is 18.7 Å². The molecule has 0 saturated carbocycles. The van der Waals surface area contributed by atoms with Crippen LogP contribution in [0.25, 0.3) is 0 Å². The molecule has 0 amide bonds. The predicted octanol–water partition coefficient (Wildman–Crippen LogP) is 3.04. The van der Waals surface area contributed by atoms with Crippen molar-refractivity contribution in [2.75, 3.05) is 5.32 Å². The standard InChI is InChI=1S/C13H12FNO3/c1-8-2-3-10(14)5-12(8)15-6-11-4-9(7-18-11)13(16)17/h2-5,7,15H,6H2,1H3,(H,16,17). The van der Waals surface area contributed by atoms with Crippen LogP contribution in [0.15, 0.2) is 34.9 Å². The molecule has 1 heterocycles. The van der Waals surface area contributed by atoms with Crippen LogP contribution < -0.4 is 5.32 Å². The summed E-state index contributed by atoms with van der Waals surface area (Å²) < 4.78 is 18.1. The third-order valence-electron chi connectivity index (χ3n) is 2.55. The maximum Gasteiger partial charge on any atom is 0.338 e. The summed E-state index contributed by atoms with van der Waals surface area (Å²) in [6.07, 6.45) is 1.18. The molecule has 2 rings (SSSR count). The molecule has 0 bridgehead atoms. The van der Waals surface area contributed by atoms with E-state index < -0.39 is 5.97 Å². The van der Waals surface area contributed by atoms with Crippen LogP contribution in [0.2, 0.25) is 0 Å². The molecule has 0 radical (unpaired) electrons. The molecule has 0 atom stereocenters. The van der Waals surface area contributed by atoms with E-state index in [9.17, 15) is 9.18 Å². The first-order valence-corrected chi connectivity index (χ1v) is 5.37. The first-order valence-electron chi connectivity index (χ1n) is 5.37. The second-order valence-corrected chi connectivity index (χ2v) is 3.92. The zero-order valence-electron chi connectivity index (χ0n) is 9.74. The number of rotatable bonds is 4. The van der Waals surface area contributed by atoms with E-state index in [0.29, 0.717) is 18.0 Å². The van der Waals surface area contributed by atoms with Crippen molar-refractivity contribution in [3.05, 3.63) is 53.2 Å². The summed E-state index contributed by atoms with van der Waals surface area (Å²) in [5.41, 5.74) is 1.66. The summed E-state index contributed by atoms with van der Waals surface area (Å²) >= 11 is 0. The summed E-state index contributed by atoms with van der Waals surface area (Å²) in [4.78, 5) is 10.7. The van der Waals surface area contributed by atoms with Crippen molar-refractivity contribution in [3.63, 3.8) is 0 Å². The van der Waals surface area contributed by atoms with Crippen molar-refractivity contribution in [1.82, 2.24) is 0 Å². The van der Waals surface area contributed by atoms with Gasteiger partial charge in [0.25, 0.3) is 0 Å². The van der Waals surface area contributed by atoms with Crippen molar-refractivity contribution >= 4 is 11.7 Å². The smallest absolute Gasteiger partial charge is 0.338 e. The molecule has 1 aromatic heterocycles. The van der Waals surface area contributed by atoms with Crippen LogP contribution in [-0.4, -0.2) is 11.1 Å². The largest absolute Gasteiger partial charge is 0.478 e. The lowest BCUT2D eigenvalue weighted by molar-refractivity contribution is 0.0696. The lowest BCUT2D eigenvalue weighted by Gasteiger charge is -2.07. The molecule has 4 nitrogen and oxygen atoms in total. The Kier molecular flexibility index (Phi) is 3.32. The lowest BCUT2D eigenvalue weighted by Crippen LogP contribution is -2.00. The van der Waals surface area contributed by atoms with Crippen LogP contribution in [-0.2, 0) is 6.54 Å². The van der Waals surface area contributed by atoms with Gasteiger partial charge in [0.1, 0.15) is 17.8 Å². The molecule has 0 aliphatic rings. The summed E-state index contributed by atoms with van der Waals surface area (Å²) in [5.74, 6) is -0.878. The molecule has 94 valence electrons. The summed E-state index contributed by atoms with van der Waals surface area (Å²) in [7, 11) is 0. The molecule has 18 heavy (non-hydrogen) atoms. The van der Waals surface area contributed by atoms with Gasteiger partial charge in [-0.05, 0) is 30.7 Å². The van der Waals surface area contributed by atoms with Gasteiger partial charge in [-0.1, -0.05) is 6.07 Å². The Labute approximate surface area is 103 Å². The predicted molar refractivity (Wildman–Crippen MR) is 64.1 cm³/mol. The van der Waals surface area contributed by atoms with Gasteiger partial charge in [0, 0.05) is 5.69 Å². The van der Waals surface area contributed by atoms with Gasteiger partial charge in [-0.3, -0.25) is 0 Å². The molecule has 0 saturated heterocycles. The van der Waals surface area contributed by atoms with E-state index in [1.165, 1.54) is 24.5 Å². The molecule has 0 aliphatic carbocycles. The Morgan fingerprint density at radius 3 is 2.89 bits per heavy atom. The van der Waals surface area contributed by atoms with Crippen LogP contribution in [0.4, 0.5) is 10.1 Å². The van der Waals surface area contributed by atoms with Crippen molar-refractivity contribution in [2.24, 2.45) is 0 Å². The van der Waals surface area contributed by atoms with Crippen molar-refractivity contribution in [2.45, 2.75) is 13.5 Å². The summed E-state index contributed by atoms with van der Waals surface area (Å²) in [5, 5.41) is 11.7. The van der Waals surface area contributed by atoms with E-state index in [-0.39, 0.29) is 11.4 Å². The van der Waals surface area contributed by atoms with Crippen LogP contribution in [0, 0.1) is 12.7 Å². The molecule has 0 fully saturated rings. The zero-order chi connectivity index (χ0) is 13.1. The topological polar surface area (TPSA) is 62.5 Å². The number of carboxylic acids is 1. The minimum Gasteiger partial charge on any atom is -0.478 e. The first kappa shape index (κ1) is 12.2. The summed E-state index contributed by atoms with van der Waals surface area (Å²) in [6, 6.07) is 5.87. The highest BCUT2D eigenvalue weighted by Crippen LogP contribution is 2.17. The molecule has 2 N–H and O–H groups in total. The van der Waals surface area contributed by atoms with Gasteiger partial charge in [0.2, 0.25) is 0 Å². The Hall–Kier alpha value is -2.30. The fourth-order valence-electron chi connectivity index (χ4n) is 1.55. The van der Waals surface area contributed by atoms with Crippen LogP contribution in [0.3, 0.4) is 0 Å². The van der Waals surface area contributed by atoms with E-state index >= 15 is 0 Å². The highest BCUT2D eigenvalue weighted by atomic mass is 19.1. The van der Waals surface area contributed by atoms with Crippen LogP contribution in [0.1, 0.15) is 21.7 Å². The highest BCUT2D eigenvalue weighted by molar-refractivity contribution is 5.87. The second kappa shape index (κ2) is 4.91. The number of nitrogens with one attached hydrogen (secondary N) is 1. The Bertz CT molecular complexity index is 577. The SMILES string of the molecule is Cc1ccc(F)cc1NCc1cc(C(=O)O)co1. The van der Waals surface area contributed by atoms with Gasteiger partial charge in [0.15, 0.2) is 0 Å². The van der Waals surface area contributed by atoms with Crippen molar-refractivity contribution in [1.29, 1.82) is 0 Å². The van der Waals surface area contributed by atoms with Gasteiger partial charge in [-0.15, -0.1) is 0 Å². The van der Waals surface area contributed by atoms with Crippen molar-refractivity contribution in [3.8, 4) is 0 Å². The number of benzene rings is 1. The average Bonchev–Trinajstić information content (AvgIpc) is 2.79. The molecular weight excluding hydrogens is 237 g/mol. The van der Waals surface area contributed by atoms with Gasteiger partial charge >= 0.3 is 5.97 Å². The molecule has 5 heteroatoms. The fourth-order valence-corrected chi connectivity index (χ4v) is 1.55. The number of anilines is 1. The van der Waals surface area contributed by atoms with E-state index in [1.54, 1.807) is 6.07 Å². The van der Waals surface area contributed by atoms with Crippen LogP contribution >= 0.6 is 0 Å². The highest BCUT2D eigenvalue weighted by Gasteiger charge is 2.08. The molecular formula is C13H12FNO3. The number of halogens is 1. The summed E-state index contributed by atoms with van der Waals surface area (Å²) in [6.45, 7) is 2.16. The molecule has 2 aromatic rings. The average molecular weight is 249 g/mol. The van der Waals surface area contributed by atoms with E-state index in [1.807, 2.05) is 6.92 Å². The molecule has 0 unspecified atom stereocenters. The quantitative estimate of drug-likeness (QED) is 0.874. The third kappa shape index (κ3) is 2.68. The normalized spacial score (nSPS) is 10.3. The fraction of sp³-hybridized carbons (Fsp3) is 0.154. The first-order chi connectivity index (χ1) is 8.56. The Morgan fingerprint density at radius 2 is 2.22 bits per heavy atom. The van der Waals surface area contributed by atoms with Gasteiger partial charge < -0.3 is 14.8 Å². The molecule has 0 aliphatic heterocycles. The Morgan fingerprint density at radius 1 is 1.44 bits per heavy atom. The van der Waals surface area contributed by atoms with E-state index in [0.717, 1.165) is 5.56 Å². The lowest BCUT2D eigenvalue weighted by atomic mass is 10.2. The number of aromatic carboxylic acids is 1. The molecule has 0 spiro atoms. The van der Waals surface area contributed by atoms with Gasteiger partial charge in [-0.2, -0.15) is 0 Å². The van der Waals surface area contributed by atoms with Crippen LogP contribution in [0.5, 0.6) is 0 Å². The number of aryl methyl sites for hydroxylation is 1. The maximum absolute atomic E-state index is 13.0. The number of carbonyl (C=O) groups is 1. The van der Waals surface area contributed by atoms with E-state index in [4.69, 9.17) is 9.52 Å².